The monoisotopic (exact) mass is 284 g/mol. The van der Waals surface area contributed by atoms with Crippen LogP contribution in [0.25, 0.3) is 0 Å². The van der Waals surface area contributed by atoms with Gasteiger partial charge in [0.1, 0.15) is 0 Å². The third kappa shape index (κ3) is 31.9. The first-order chi connectivity index (χ1) is 9.15. The minimum atomic E-state index is -2.17. The largest absolute Gasteiger partial charge is 0.631 e. The van der Waals surface area contributed by atoms with Gasteiger partial charge in [0.2, 0.25) is 0 Å². The lowest BCUT2D eigenvalue weighted by atomic mass is 10.3. The molecule has 0 bridgehead atoms. The molecule has 0 aromatic heterocycles. The summed E-state index contributed by atoms with van der Waals surface area (Å²) in [6.45, 7) is 4.87. The van der Waals surface area contributed by atoms with Crippen molar-refractivity contribution in [2.45, 2.75) is 0 Å². The first-order valence-corrected chi connectivity index (χ1v) is 5.90. The fraction of sp³-hybridized carbons (Fsp3) is 1.00. The van der Waals surface area contributed by atoms with Crippen LogP contribution in [0.3, 0.4) is 0 Å². The molecule has 0 amide bonds. The van der Waals surface area contributed by atoms with E-state index in [9.17, 15) is 0 Å². The predicted molar refractivity (Wildman–Crippen MR) is 68.6 cm³/mol. The second-order valence-electron chi connectivity index (χ2n) is 3.17. The maximum Gasteiger partial charge on any atom is 0.631 e. The van der Waals surface area contributed by atoms with Crippen LogP contribution in [0.1, 0.15) is 0 Å². The molecule has 0 atom stereocenters. The average molecular weight is 284 g/mol. The maximum atomic E-state index is 7.17. The number of hydrogen-bond donors (Lipinski definition) is 3. The van der Waals surface area contributed by atoms with E-state index in [0.717, 1.165) is 0 Å². The molecular weight excluding hydrogens is 259 g/mol. The summed E-state index contributed by atoms with van der Waals surface area (Å²) >= 11 is 0. The summed E-state index contributed by atoms with van der Waals surface area (Å²) in [6, 6.07) is 0. The van der Waals surface area contributed by atoms with Gasteiger partial charge in [-0.3, -0.25) is 0 Å². The van der Waals surface area contributed by atoms with Crippen molar-refractivity contribution in [1.82, 2.24) is 0 Å². The highest BCUT2D eigenvalue weighted by molar-refractivity contribution is 6.30. The normalized spacial score (nSPS) is 9.95. The zero-order valence-corrected chi connectivity index (χ0v) is 11.6. The smallest absolute Gasteiger partial charge is 0.402 e. The summed E-state index contributed by atoms with van der Waals surface area (Å²) < 4.78 is 25.3. The van der Waals surface area contributed by atoms with Crippen molar-refractivity contribution in [3.05, 3.63) is 0 Å². The van der Waals surface area contributed by atoms with E-state index in [2.05, 4.69) is 0 Å². The minimum absolute atomic E-state index is 0.595. The van der Waals surface area contributed by atoms with Crippen LogP contribution in [0.2, 0.25) is 0 Å². The van der Waals surface area contributed by atoms with E-state index in [1.807, 2.05) is 0 Å². The summed E-state index contributed by atoms with van der Waals surface area (Å²) in [5, 5.41) is 21.5. The number of rotatable bonds is 12. The molecule has 0 saturated heterocycles. The highest BCUT2D eigenvalue weighted by Gasteiger charge is 1.92. The van der Waals surface area contributed by atoms with Gasteiger partial charge >= 0.3 is 7.32 Å². The Balaban J connectivity index is 0. The molecule has 8 nitrogen and oxygen atoms in total. The number of hydrogen-bond acceptors (Lipinski definition) is 8. The predicted octanol–water partition coefficient (Wildman–Crippen LogP) is -1.72. The summed E-state index contributed by atoms with van der Waals surface area (Å²) in [5.74, 6) is 0. The van der Waals surface area contributed by atoms with Crippen LogP contribution in [0, 0.1) is 0 Å². The van der Waals surface area contributed by atoms with Crippen LogP contribution in [0.15, 0.2) is 0 Å². The van der Waals surface area contributed by atoms with E-state index >= 15 is 0 Å². The van der Waals surface area contributed by atoms with Crippen molar-refractivity contribution >= 4 is 7.32 Å². The molecule has 0 aliphatic carbocycles. The summed E-state index contributed by atoms with van der Waals surface area (Å²) in [4.78, 5) is 0. The highest BCUT2D eigenvalue weighted by Crippen LogP contribution is 1.81. The van der Waals surface area contributed by atoms with Crippen LogP contribution in [-0.4, -0.2) is 89.5 Å². The van der Waals surface area contributed by atoms with Gasteiger partial charge in [0.15, 0.2) is 0 Å². The van der Waals surface area contributed by atoms with Gasteiger partial charge in [0, 0.05) is 14.2 Å². The maximum absolute atomic E-state index is 7.17. The molecule has 0 rings (SSSR count). The molecule has 0 unspecified atom stereocenters. The molecule has 0 radical (unpaired) electrons. The van der Waals surface area contributed by atoms with Gasteiger partial charge in [-0.15, -0.1) is 0 Å². The van der Waals surface area contributed by atoms with Gasteiger partial charge in [-0.2, -0.15) is 0 Å². The van der Waals surface area contributed by atoms with Crippen molar-refractivity contribution in [2.24, 2.45) is 0 Å². The quantitative estimate of drug-likeness (QED) is 0.287. The Morgan fingerprint density at radius 2 is 0.789 bits per heavy atom. The molecule has 9 heteroatoms. The van der Waals surface area contributed by atoms with E-state index < -0.39 is 7.32 Å². The minimum Gasteiger partial charge on any atom is -0.402 e. The molecule has 3 N–H and O–H groups in total. The van der Waals surface area contributed by atoms with E-state index in [1.165, 1.54) is 0 Å². The van der Waals surface area contributed by atoms with Crippen LogP contribution in [-0.2, 0) is 23.7 Å². The van der Waals surface area contributed by atoms with E-state index in [-0.39, 0.29) is 0 Å². The molecule has 116 valence electrons. The fourth-order valence-corrected chi connectivity index (χ4v) is 0.826. The lowest BCUT2D eigenvalue weighted by Crippen LogP contribution is -2.12. The molecule has 0 heterocycles. The number of methoxy groups -OCH3 is 2. The zero-order chi connectivity index (χ0) is 14.8. The first kappa shape index (κ1) is 21.1. The third-order valence-electron chi connectivity index (χ3n) is 1.61. The Morgan fingerprint density at radius 3 is 1.00 bits per heavy atom. The summed E-state index contributed by atoms with van der Waals surface area (Å²) in [7, 11) is 1.13. The van der Waals surface area contributed by atoms with Gasteiger partial charge in [0.05, 0.1) is 52.9 Å². The van der Waals surface area contributed by atoms with Gasteiger partial charge in [-0.1, -0.05) is 0 Å². The average Bonchev–Trinajstić information content (AvgIpc) is 2.35. The molecule has 0 aliphatic heterocycles. The summed E-state index contributed by atoms with van der Waals surface area (Å²) in [6.07, 6.45) is 0. The second kappa shape index (κ2) is 20.1. The molecule has 0 spiro atoms. The molecule has 0 fully saturated rings. The Kier molecular flexibility index (Phi) is 22.2. The first-order valence-electron chi connectivity index (χ1n) is 5.90. The van der Waals surface area contributed by atoms with Crippen molar-refractivity contribution in [3.63, 3.8) is 0 Å². The Hall–Kier alpha value is -0.255. The fourth-order valence-electron chi connectivity index (χ4n) is 0.826. The molecular formula is C10H25BO8. The van der Waals surface area contributed by atoms with Crippen molar-refractivity contribution < 1.29 is 38.8 Å². The van der Waals surface area contributed by atoms with Crippen LogP contribution >= 0.6 is 0 Å². The van der Waals surface area contributed by atoms with Gasteiger partial charge < -0.3 is 38.8 Å². The Bertz CT molecular complexity index is 135. The lowest BCUT2D eigenvalue weighted by Gasteiger charge is -2.06. The van der Waals surface area contributed by atoms with Gasteiger partial charge in [-0.05, 0) is 0 Å². The van der Waals surface area contributed by atoms with Gasteiger partial charge in [0.25, 0.3) is 0 Å². The highest BCUT2D eigenvalue weighted by atomic mass is 16.6. The van der Waals surface area contributed by atoms with Crippen molar-refractivity contribution in [2.75, 3.05) is 67.1 Å². The van der Waals surface area contributed by atoms with Crippen LogP contribution in [0.4, 0.5) is 0 Å². The topological polar surface area (TPSA) is 107 Å². The third-order valence-corrected chi connectivity index (χ3v) is 1.61. The standard InChI is InChI=1S/C10H22O5.BH3O3/c1-11-3-5-13-7-9-15-10-8-14-6-4-12-2;2-1(3)4/h3-10H2,1-2H3;2-4H. The molecule has 0 aromatic carbocycles. The molecule has 0 aliphatic rings. The molecule has 19 heavy (non-hydrogen) atoms. The number of ether oxygens (including phenoxy) is 5. The molecule has 0 saturated carbocycles. The lowest BCUT2D eigenvalue weighted by molar-refractivity contribution is -0.00380. The molecule has 0 aromatic rings. The van der Waals surface area contributed by atoms with Crippen molar-refractivity contribution in [3.8, 4) is 0 Å². The van der Waals surface area contributed by atoms with Crippen LogP contribution < -0.4 is 0 Å². The van der Waals surface area contributed by atoms with E-state index in [4.69, 9.17) is 38.8 Å². The zero-order valence-electron chi connectivity index (χ0n) is 11.6. The van der Waals surface area contributed by atoms with E-state index in [0.29, 0.717) is 52.9 Å². The summed E-state index contributed by atoms with van der Waals surface area (Å²) in [5.41, 5.74) is 0. The van der Waals surface area contributed by atoms with E-state index in [1.54, 1.807) is 14.2 Å². The van der Waals surface area contributed by atoms with Crippen LogP contribution in [0.5, 0.6) is 0 Å². The Labute approximate surface area is 114 Å². The Morgan fingerprint density at radius 1 is 0.579 bits per heavy atom. The second-order valence-corrected chi connectivity index (χ2v) is 3.17. The SMILES string of the molecule is COCCOCCOCCOCCOC.OB(O)O. The van der Waals surface area contributed by atoms with Gasteiger partial charge in [-0.25, -0.2) is 0 Å². The van der Waals surface area contributed by atoms with Crippen molar-refractivity contribution in [1.29, 1.82) is 0 Å².